The van der Waals surface area contributed by atoms with Crippen LogP contribution in [0.15, 0.2) is 34.8 Å². The van der Waals surface area contributed by atoms with E-state index in [4.69, 9.17) is 0 Å². The van der Waals surface area contributed by atoms with Crippen molar-refractivity contribution in [3.05, 3.63) is 57.8 Å². The van der Waals surface area contributed by atoms with E-state index in [9.17, 15) is 18.3 Å². The van der Waals surface area contributed by atoms with Crippen LogP contribution in [0.5, 0.6) is 5.75 Å². The van der Waals surface area contributed by atoms with Gasteiger partial charge in [0.15, 0.2) is 0 Å². The highest BCUT2D eigenvalue weighted by atomic mass is 79.9. The molecule has 0 saturated carbocycles. The van der Waals surface area contributed by atoms with Crippen LogP contribution in [0.3, 0.4) is 0 Å². The molecule has 2 nitrogen and oxygen atoms in total. The van der Waals surface area contributed by atoms with Crippen molar-refractivity contribution >= 4 is 21.6 Å². The first-order chi connectivity index (χ1) is 9.38. The highest BCUT2D eigenvalue weighted by Gasteiger charge is 2.16. The summed E-state index contributed by atoms with van der Waals surface area (Å²) in [4.78, 5) is 0. The molecule has 0 fully saturated rings. The molecule has 106 valence electrons. The summed E-state index contributed by atoms with van der Waals surface area (Å²) in [6.45, 7) is 1.61. The number of aromatic hydroxyl groups is 1. The molecule has 1 unspecified atom stereocenters. The monoisotopic (exact) mass is 345 g/mol. The van der Waals surface area contributed by atoms with Gasteiger partial charge in [0.25, 0.3) is 0 Å². The Kier molecular flexibility index (Phi) is 4.23. The molecule has 0 radical (unpaired) electrons. The molecular weight excluding hydrogens is 335 g/mol. The Morgan fingerprint density at radius 3 is 2.25 bits per heavy atom. The zero-order valence-electron chi connectivity index (χ0n) is 10.4. The van der Waals surface area contributed by atoms with Crippen LogP contribution >= 0.6 is 15.9 Å². The number of hydrogen-bond acceptors (Lipinski definition) is 2. The standard InChI is InChI=1S/C14H11BrF3NO/c1-7(10-3-2-9(16)6-13(10)20)19-14-11(17)4-8(15)5-12(14)18/h2-7,19-20H,1H3. The summed E-state index contributed by atoms with van der Waals surface area (Å²) in [5.74, 6) is -2.38. The Balaban J connectivity index is 2.30. The van der Waals surface area contributed by atoms with Gasteiger partial charge in [-0.3, -0.25) is 0 Å². The van der Waals surface area contributed by atoms with Crippen molar-refractivity contribution in [3.8, 4) is 5.75 Å². The molecule has 2 rings (SSSR count). The van der Waals surface area contributed by atoms with Crippen molar-refractivity contribution in [1.82, 2.24) is 0 Å². The summed E-state index contributed by atoms with van der Waals surface area (Å²) >= 11 is 2.99. The molecule has 2 N–H and O–H groups in total. The molecule has 20 heavy (non-hydrogen) atoms. The third-order valence-corrected chi connectivity index (χ3v) is 3.28. The molecule has 0 amide bonds. The molecule has 2 aromatic rings. The SMILES string of the molecule is CC(Nc1c(F)cc(Br)cc1F)c1ccc(F)cc1O. The fourth-order valence-corrected chi connectivity index (χ4v) is 2.26. The topological polar surface area (TPSA) is 32.3 Å². The highest BCUT2D eigenvalue weighted by molar-refractivity contribution is 9.10. The molecule has 1 atom stereocenters. The largest absolute Gasteiger partial charge is 0.507 e. The zero-order valence-corrected chi connectivity index (χ0v) is 12.0. The van der Waals surface area contributed by atoms with Gasteiger partial charge in [0.05, 0.1) is 6.04 Å². The second-order valence-electron chi connectivity index (χ2n) is 4.31. The van der Waals surface area contributed by atoms with Crippen LogP contribution in [0.25, 0.3) is 0 Å². The van der Waals surface area contributed by atoms with E-state index in [2.05, 4.69) is 21.2 Å². The first kappa shape index (κ1) is 14.7. The van der Waals surface area contributed by atoms with Gasteiger partial charge in [0.2, 0.25) is 0 Å². The summed E-state index contributed by atoms with van der Waals surface area (Å²) in [6.07, 6.45) is 0. The molecule has 0 saturated heterocycles. The maximum absolute atomic E-state index is 13.7. The Labute approximate surface area is 122 Å². The molecule has 0 aliphatic heterocycles. The van der Waals surface area contributed by atoms with E-state index < -0.39 is 23.5 Å². The van der Waals surface area contributed by atoms with Crippen LogP contribution in [0, 0.1) is 17.5 Å². The van der Waals surface area contributed by atoms with Gasteiger partial charge in [-0.2, -0.15) is 0 Å². The highest BCUT2D eigenvalue weighted by Crippen LogP contribution is 2.31. The first-order valence-electron chi connectivity index (χ1n) is 5.78. The van der Waals surface area contributed by atoms with E-state index in [-0.39, 0.29) is 15.9 Å². The van der Waals surface area contributed by atoms with Gasteiger partial charge >= 0.3 is 0 Å². The van der Waals surface area contributed by atoms with Gasteiger partial charge in [-0.1, -0.05) is 22.0 Å². The van der Waals surface area contributed by atoms with E-state index in [0.29, 0.717) is 5.56 Å². The van der Waals surface area contributed by atoms with Crippen LogP contribution in [-0.2, 0) is 0 Å². The minimum Gasteiger partial charge on any atom is -0.507 e. The lowest BCUT2D eigenvalue weighted by Crippen LogP contribution is -2.10. The van der Waals surface area contributed by atoms with Crippen LogP contribution < -0.4 is 5.32 Å². The van der Waals surface area contributed by atoms with E-state index >= 15 is 0 Å². The maximum atomic E-state index is 13.7. The second kappa shape index (κ2) is 5.75. The average Bonchev–Trinajstić information content (AvgIpc) is 2.33. The van der Waals surface area contributed by atoms with Gasteiger partial charge in [-0.25, -0.2) is 13.2 Å². The molecule has 0 bridgehead atoms. The normalized spacial score (nSPS) is 12.2. The van der Waals surface area contributed by atoms with Crippen molar-refractivity contribution in [3.63, 3.8) is 0 Å². The maximum Gasteiger partial charge on any atom is 0.150 e. The minimum atomic E-state index is -0.759. The van der Waals surface area contributed by atoms with E-state index in [1.165, 1.54) is 12.1 Å². The van der Waals surface area contributed by atoms with Crippen LogP contribution in [0.4, 0.5) is 18.9 Å². The van der Waals surface area contributed by atoms with Crippen LogP contribution in [-0.4, -0.2) is 5.11 Å². The first-order valence-corrected chi connectivity index (χ1v) is 6.57. The average molecular weight is 346 g/mol. The molecule has 0 aromatic heterocycles. The van der Waals surface area contributed by atoms with Crippen molar-refractivity contribution < 1.29 is 18.3 Å². The Hall–Kier alpha value is -1.69. The van der Waals surface area contributed by atoms with Crippen molar-refractivity contribution in [2.24, 2.45) is 0 Å². The molecule has 2 aromatic carbocycles. The van der Waals surface area contributed by atoms with Crippen molar-refractivity contribution in [1.29, 1.82) is 0 Å². The number of anilines is 1. The van der Waals surface area contributed by atoms with Crippen LogP contribution in [0.1, 0.15) is 18.5 Å². The smallest absolute Gasteiger partial charge is 0.150 e. The molecule has 0 heterocycles. The van der Waals surface area contributed by atoms with E-state index in [1.54, 1.807) is 6.92 Å². The Bertz CT molecular complexity index is 625. The van der Waals surface area contributed by atoms with Gasteiger partial charge in [-0.15, -0.1) is 0 Å². The molecule has 0 aliphatic carbocycles. The third kappa shape index (κ3) is 3.07. The van der Waals surface area contributed by atoms with E-state index in [0.717, 1.165) is 18.2 Å². The molecule has 6 heteroatoms. The minimum absolute atomic E-state index is 0.275. The lowest BCUT2D eigenvalue weighted by atomic mass is 10.1. The fraction of sp³-hybridized carbons (Fsp3) is 0.143. The van der Waals surface area contributed by atoms with Crippen molar-refractivity contribution in [2.75, 3.05) is 5.32 Å². The zero-order chi connectivity index (χ0) is 14.9. The second-order valence-corrected chi connectivity index (χ2v) is 5.23. The predicted octanol–water partition coefficient (Wildman–Crippen LogP) is 4.75. The van der Waals surface area contributed by atoms with E-state index in [1.807, 2.05) is 0 Å². The summed E-state index contributed by atoms with van der Waals surface area (Å²) in [5.41, 5.74) is 0.0394. The Morgan fingerprint density at radius 1 is 1.10 bits per heavy atom. The molecule has 0 aliphatic rings. The summed E-state index contributed by atoms with van der Waals surface area (Å²) in [6, 6.07) is 5.13. The lowest BCUT2D eigenvalue weighted by molar-refractivity contribution is 0.459. The van der Waals surface area contributed by atoms with Gasteiger partial charge in [-0.05, 0) is 25.1 Å². The summed E-state index contributed by atoms with van der Waals surface area (Å²) in [5, 5.41) is 12.3. The molecular formula is C14H11BrF3NO. The summed E-state index contributed by atoms with van der Waals surface area (Å²) < 4.78 is 40.6. The third-order valence-electron chi connectivity index (χ3n) is 2.83. The number of benzene rings is 2. The number of rotatable bonds is 3. The lowest BCUT2D eigenvalue weighted by Gasteiger charge is -2.18. The van der Waals surface area contributed by atoms with Gasteiger partial charge in [0, 0.05) is 16.1 Å². The predicted molar refractivity (Wildman–Crippen MR) is 74.2 cm³/mol. The Morgan fingerprint density at radius 2 is 1.70 bits per heavy atom. The number of halogens is 4. The van der Waals surface area contributed by atoms with Crippen LogP contribution in [0.2, 0.25) is 0 Å². The summed E-state index contributed by atoms with van der Waals surface area (Å²) in [7, 11) is 0. The van der Waals surface area contributed by atoms with Crippen molar-refractivity contribution in [2.45, 2.75) is 13.0 Å². The van der Waals surface area contributed by atoms with Gasteiger partial charge in [0.1, 0.15) is 28.9 Å². The quantitative estimate of drug-likeness (QED) is 0.841. The molecule has 0 spiro atoms. The number of phenolic OH excluding ortho intramolecular Hbond substituents is 1. The number of phenols is 1. The fourth-order valence-electron chi connectivity index (χ4n) is 1.86. The number of hydrogen-bond donors (Lipinski definition) is 2. The number of nitrogens with one attached hydrogen (secondary N) is 1. The van der Waals surface area contributed by atoms with Gasteiger partial charge < -0.3 is 10.4 Å².